The summed E-state index contributed by atoms with van der Waals surface area (Å²) in [5, 5.41) is 3.02. The minimum atomic E-state index is -3.41. The molecule has 8 nitrogen and oxygen atoms in total. The molecule has 178 valence electrons. The molecule has 33 heavy (non-hydrogen) atoms. The lowest BCUT2D eigenvalue weighted by Gasteiger charge is -2.24. The topological polar surface area (TPSA) is 107 Å². The van der Waals surface area contributed by atoms with Crippen LogP contribution in [0, 0.1) is 5.92 Å². The highest BCUT2D eigenvalue weighted by Gasteiger charge is 2.29. The Labute approximate surface area is 199 Å². The van der Waals surface area contributed by atoms with Gasteiger partial charge < -0.3 is 14.8 Å². The van der Waals surface area contributed by atoms with Crippen molar-refractivity contribution in [1.82, 2.24) is 9.97 Å². The van der Waals surface area contributed by atoms with Gasteiger partial charge in [-0.05, 0) is 42.4 Å². The Morgan fingerprint density at radius 1 is 1.18 bits per heavy atom. The molecule has 4 rings (SSSR count). The Morgan fingerprint density at radius 3 is 2.52 bits per heavy atom. The molecule has 1 amide bonds. The number of nitrogens with one attached hydrogen (secondary N) is 1. The van der Waals surface area contributed by atoms with Crippen LogP contribution in [0.1, 0.15) is 49.3 Å². The van der Waals surface area contributed by atoms with E-state index in [4.69, 9.17) is 21.1 Å². The zero-order chi connectivity index (χ0) is 23.4. The van der Waals surface area contributed by atoms with Crippen LogP contribution in [0.5, 0.6) is 0 Å². The van der Waals surface area contributed by atoms with Crippen LogP contribution in [-0.2, 0) is 30.5 Å². The van der Waals surface area contributed by atoms with Crippen LogP contribution >= 0.6 is 11.6 Å². The van der Waals surface area contributed by atoms with E-state index < -0.39 is 9.84 Å². The molecule has 2 heterocycles. The Kier molecular flexibility index (Phi) is 7.63. The summed E-state index contributed by atoms with van der Waals surface area (Å²) in [6, 6.07) is 5.01. The number of rotatable bonds is 8. The van der Waals surface area contributed by atoms with E-state index >= 15 is 0 Å². The molecule has 1 aromatic heterocycles. The molecule has 10 heteroatoms. The van der Waals surface area contributed by atoms with Crippen molar-refractivity contribution >= 4 is 33.2 Å². The number of ether oxygens (including phenoxy) is 2. The molecule has 1 N–H and O–H groups in total. The van der Waals surface area contributed by atoms with E-state index in [1.165, 1.54) is 12.3 Å². The second-order valence-electron chi connectivity index (χ2n) is 8.63. The van der Waals surface area contributed by atoms with Crippen LogP contribution in [0.4, 0.5) is 5.82 Å². The largest absolute Gasteiger partial charge is 0.350 e. The SMILES string of the molecule is CS(=O)(=O)c1ccc([C@H](CC(=O)Nc2cnc(CC3OCCO3)cn2)C2CCCC2)cc1Cl. The highest BCUT2D eigenvalue weighted by atomic mass is 35.5. The molecule has 0 radical (unpaired) electrons. The van der Waals surface area contributed by atoms with E-state index in [2.05, 4.69) is 15.3 Å². The van der Waals surface area contributed by atoms with E-state index in [9.17, 15) is 13.2 Å². The average molecular weight is 494 g/mol. The maximum absolute atomic E-state index is 12.9. The van der Waals surface area contributed by atoms with Gasteiger partial charge in [0.05, 0.1) is 41.2 Å². The van der Waals surface area contributed by atoms with Crippen molar-refractivity contribution in [3.63, 3.8) is 0 Å². The van der Waals surface area contributed by atoms with E-state index in [1.54, 1.807) is 18.3 Å². The number of halogens is 1. The second kappa shape index (κ2) is 10.5. The van der Waals surface area contributed by atoms with Crippen LogP contribution in [0.3, 0.4) is 0 Å². The number of sulfone groups is 1. The summed E-state index contributed by atoms with van der Waals surface area (Å²) < 4.78 is 34.7. The van der Waals surface area contributed by atoms with E-state index in [0.717, 1.165) is 43.2 Å². The monoisotopic (exact) mass is 493 g/mol. The Hall–Kier alpha value is -2.07. The van der Waals surface area contributed by atoms with Crippen LogP contribution in [-0.4, -0.2) is 50.1 Å². The molecular formula is C23H28ClN3O5S. The fourth-order valence-electron chi connectivity index (χ4n) is 4.58. The maximum atomic E-state index is 12.9. The number of benzene rings is 1. The number of hydrogen-bond acceptors (Lipinski definition) is 7. The molecule has 2 fully saturated rings. The first kappa shape index (κ1) is 24.1. The first-order chi connectivity index (χ1) is 15.8. The maximum Gasteiger partial charge on any atom is 0.226 e. The Bertz CT molecular complexity index is 1080. The van der Waals surface area contributed by atoms with Gasteiger partial charge in [0.1, 0.15) is 0 Å². The van der Waals surface area contributed by atoms with E-state index in [1.807, 2.05) is 0 Å². The van der Waals surface area contributed by atoms with Crippen molar-refractivity contribution < 1.29 is 22.7 Å². The highest BCUT2D eigenvalue weighted by Crippen LogP contribution is 2.41. The van der Waals surface area contributed by atoms with Gasteiger partial charge in [-0.2, -0.15) is 0 Å². The molecule has 1 atom stereocenters. The predicted molar refractivity (Wildman–Crippen MR) is 124 cm³/mol. The van der Waals surface area contributed by atoms with Crippen molar-refractivity contribution in [2.75, 3.05) is 24.8 Å². The smallest absolute Gasteiger partial charge is 0.226 e. The minimum absolute atomic E-state index is 0.0532. The van der Waals surface area contributed by atoms with Crippen LogP contribution in [0.2, 0.25) is 5.02 Å². The number of carbonyl (C=O) groups excluding carboxylic acids is 1. The number of amides is 1. The third-order valence-electron chi connectivity index (χ3n) is 6.20. The summed E-state index contributed by atoms with van der Waals surface area (Å²) in [4.78, 5) is 21.6. The molecule has 1 aliphatic heterocycles. The van der Waals surface area contributed by atoms with Gasteiger partial charge >= 0.3 is 0 Å². The van der Waals surface area contributed by atoms with Gasteiger partial charge in [-0.25, -0.2) is 13.4 Å². The predicted octanol–water partition coefficient (Wildman–Crippen LogP) is 3.75. The summed E-state index contributed by atoms with van der Waals surface area (Å²) in [5.74, 6) is 0.505. The van der Waals surface area contributed by atoms with Gasteiger partial charge in [-0.1, -0.05) is 30.5 Å². The minimum Gasteiger partial charge on any atom is -0.350 e. The lowest BCUT2D eigenvalue weighted by atomic mass is 9.82. The van der Waals surface area contributed by atoms with Crippen LogP contribution in [0.25, 0.3) is 0 Å². The molecular weight excluding hydrogens is 466 g/mol. The average Bonchev–Trinajstić information content (AvgIpc) is 3.47. The molecule has 0 unspecified atom stereocenters. The summed E-state index contributed by atoms with van der Waals surface area (Å²) >= 11 is 6.29. The fraction of sp³-hybridized carbons (Fsp3) is 0.522. The fourth-order valence-corrected chi connectivity index (χ4v) is 5.92. The normalized spacial score (nSPS) is 18.5. The zero-order valence-corrected chi connectivity index (χ0v) is 20.1. The lowest BCUT2D eigenvalue weighted by molar-refractivity contribution is -0.116. The number of hydrogen-bond donors (Lipinski definition) is 1. The number of anilines is 1. The van der Waals surface area contributed by atoms with Crippen LogP contribution < -0.4 is 5.32 Å². The molecule has 0 spiro atoms. The lowest BCUT2D eigenvalue weighted by Crippen LogP contribution is -2.21. The van der Waals surface area contributed by atoms with Gasteiger partial charge in [-0.3, -0.25) is 9.78 Å². The highest BCUT2D eigenvalue weighted by molar-refractivity contribution is 7.90. The number of carbonyl (C=O) groups is 1. The summed E-state index contributed by atoms with van der Waals surface area (Å²) in [7, 11) is -3.41. The molecule has 2 aliphatic rings. The van der Waals surface area contributed by atoms with Gasteiger partial charge in [0.2, 0.25) is 5.91 Å². The van der Waals surface area contributed by atoms with Crippen LogP contribution in [0.15, 0.2) is 35.5 Å². The molecule has 1 aromatic carbocycles. The quantitative estimate of drug-likeness (QED) is 0.596. The number of aromatic nitrogens is 2. The standard InChI is InChI=1S/C23H28ClN3O5S/c1-33(29,30)20-7-6-16(10-19(20)24)18(15-4-2-3-5-15)12-22(28)27-21-14-25-17(13-26-21)11-23-31-8-9-32-23/h6-7,10,13-15,18,23H,2-5,8-9,11-12H2,1H3,(H,26,27,28)/t18-/m1/s1. The third kappa shape index (κ3) is 6.29. The summed E-state index contributed by atoms with van der Waals surface area (Å²) in [5.41, 5.74) is 1.61. The van der Waals surface area contributed by atoms with Crippen molar-refractivity contribution in [3.8, 4) is 0 Å². The van der Waals surface area contributed by atoms with Crippen molar-refractivity contribution in [3.05, 3.63) is 46.9 Å². The zero-order valence-electron chi connectivity index (χ0n) is 18.5. The van der Waals surface area contributed by atoms with Gasteiger partial charge in [-0.15, -0.1) is 0 Å². The molecule has 0 bridgehead atoms. The third-order valence-corrected chi connectivity index (χ3v) is 7.78. The van der Waals surface area contributed by atoms with Crippen molar-refractivity contribution in [2.24, 2.45) is 5.92 Å². The Morgan fingerprint density at radius 2 is 1.91 bits per heavy atom. The van der Waals surface area contributed by atoms with Crippen molar-refractivity contribution in [2.45, 2.75) is 55.6 Å². The first-order valence-corrected chi connectivity index (χ1v) is 13.4. The number of nitrogens with zero attached hydrogens (tertiary/aromatic N) is 2. The summed E-state index contributed by atoms with van der Waals surface area (Å²) in [6.07, 6.45) is 9.05. The van der Waals surface area contributed by atoms with Crippen molar-refractivity contribution in [1.29, 1.82) is 0 Å². The van der Waals surface area contributed by atoms with Gasteiger partial charge in [0.25, 0.3) is 0 Å². The van der Waals surface area contributed by atoms with Gasteiger partial charge in [0, 0.05) is 19.1 Å². The molecule has 2 aromatic rings. The molecule has 1 saturated heterocycles. The van der Waals surface area contributed by atoms with E-state index in [0.29, 0.717) is 31.4 Å². The molecule has 1 aliphatic carbocycles. The first-order valence-electron chi connectivity index (χ1n) is 11.1. The molecule has 1 saturated carbocycles. The summed E-state index contributed by atoms with van der Waals surface area (Å²) in [6.45, 7) is 1.16. The van der Waals surface area contributed by atoms with E-state index in [-0.39, 0.29) is 34.5 Å². The second-order valence-corrected chi connectivity index (χ2v) is 11.0. The van der Waals surface area contributed by atoms with Gasteiger partial charge in [0.15, 0.2) is 21.9 Å². The Balaban J connectivity index is 1.44.